The van der Waals surface area contributed by atoms with E-state index < -0.39 is 11.3 Å². The van der Waals surface area contributed by atoms with Gasteiger partial charge in [0.15, 0.2) is 16.9 Å². The van der Waals surface area contributed by atoms with Crippen LogP contribution in [0.15, 0.2) is 34.4 Å². The first-order chi connectivity index (χ1) is 15.5. The summed E-state index contributed by atoms with van der Waals surface area (Å²) in [7, 11) is 1.61. The number of aromatic nitrogens is 1. The van der Waals surface area contributed by atoms with E-state index >= 15 is 0 Å². The molecule has 0 saturated heterocycles. The molecule has 1 aliphatic carbocycles. The van der Waals surface area contributed by atoms with Crippen LogP contribution in [-0.4, -0.2) is 24.2 Å². The van der Waals surface area contributed by atoms with Gasteiger partial charge < -0.3 is 14.0 Å². The third-order valence-corrected chi connectivity index (χ3v) is 6.89. The number of nitroso groups, excluding NO2 is 1. The molecule has 1 aromatic heterocycles. The molecule has 1 aromatic carbocycles. The Kier molecular flexibility index (Phi) is 6.72. The van der Waals surface area contributed by atoms with Crippen molar-refractivity contribution in [2.45, 2.75) is 64.3 Å². The van der Waals surface area contributed by atoms with Crippen molar-refractivity contribution in [3.05, 3.63) is 50.7 Å². The molecule has 0 N–H and O–H groups in total. The van der Waals surface area contributed by atoms with Gasteiger partial charge in [0.25, 0.3) is 0 Å². The topological polar surface area (TPSA) is 87.0 Å². The molecule has 1 unspecified atom stereocenters. The normalized spacial score (nSPS) is 17.9. The molecule has 7 heteroatoms. The van der Waals surface area contributed by atoms with Crippen LogP contribution in [0.1, 0.15) is 73.8 Å². The van der Waals surface area contributed by atoms with Crippen LogP contribution in [0.2, 0.25) is 0 Å². The molecule has 0 spiro atoms. The number of methoxy groups -OCH3 is 1. The Bertz CT molecular complexity index is 1070. The molecule has 1 amide bonds. The Morgan fingerprint density at radius 3 is 2.62 bits per heavy atom. The summed E-state index contributed by atoms with van der Waals surface area (Å²) in [5, 5.41) is 2.43. The maximum absolute atomic E-state index is 12.5. The van der Waals surface area contributed by atoms with Crippen LogP contribution >= 0.6 is 0 Å². The van der Waals surface area contributed by atoms with Crippen molar-refractivity contribution < 1.29 is 14.3 Å². The van der Waals surface area contributed by atoms with Crippen molar-refractivity contribution in [1.82, 2.24) is 4.57 Å². The van der Waals surface area contributed by atoms with Crippen molar-refractivity contribution in [2.75, 3.05) is 13.7 Å². The Morgan fingerprint density at radius 1 is 1.16 bits per heavy atom. The maximum atomic E-state index is 12.5. The van der Waals surface area contributed by atoms with E-state index in [2.05, 4.69) is 12.1 Å². The number of fused-ring (bicyclic) bond motifs is 3. The summed E-state index contributed by atoms with van der Waals surface area (Å²) < 4.78 is 13.7. The second-order valence-electron chi connectivity index (χ2n) is 8.81. The van der Waals surface area contributed by atoms with Gasteiger partial charge in [0.2, 0.25) is 0 Å². The lowest BCUT2D eigenvalue weighted by Crippen LogP contribution is -2.25. The number of amides is 1. The Labute approximate surface area is 187 Å². The summed E-state index contributed by atoms with van der Waals surface area (Å²) in [5.74, 6) is 1.05. The fourth-order valence-corrected chi connectivity index (χ4v) is 5.06. The molecular weight excluding hydrogens is 408 g/mol. The second kappa shape index (κ2) is 9.67. The molecule has 1 atom stereocenters. The zero-order valence-electron chi connectivity index (χ0n) is 18.8. The predicted molar refractivity (Wildman–Crippen MR) is 123 cm³/mol. The molecule has 0 radical (unpaired) electrons. The summed E-state index contributed by atoms with van der Waals surface area (Å²) in [6.07, 6.45) is 10.6. The monoisotopic (exact) mass is 438 g/mol. The predicted octanol–water partition coefficient (Wildman–Crippen LogP) is 5.29. The number of pyridine rings is 1. The minimum absolute atomic E-state index is 0.0554. The summed E-state index contributed by atoms with van der Waals surface area (Å²) in [5.41, 5.74) is 1.96. The fourth-order valence-electron chi connectivity index (χ4n) is 5.06. The van der Waals surface area contributed by atoms with E-state index in [9.17, 15) is 14.5 Å². The molecule has 2 aliphatic rings. The van der Waals surface area contributed by atoms with Gasteiger partial charge in [-0.2, -0.15) is 0 Å². The third kappa shape index (κ3) is 4.33. The average molecular weight is 439 g/mol. The van der Waals surface area contributed by atoms with Crippen LogP contribution < -0.4 is 14.9 Å². The first kappa shape index (κ1) is 22.2. The van der Waals surface area contributed by atoms with Crippen LogP contribution in [0.3, 0.4) is 0 Å². The number of hydrogen-bond donors (Lipinski definition) is 0. The van der Waals surface area contributed by atoms with Crippen molar-refractivity contribution >= 4 is 5.91 Å². The third-order valence-electron chi connectivity index (χ3n) is 6.89. The zero-order chi connectivity index (χ0) is 22.7. The van der Waals surface area contributed by atoms with Crippen molar-refractivity contribution in [2.24, 2.45) is 11.1 Å². The molecule has 4 rings (SSSR count). The zero-order valence-corrected chi connectivity index (χ0v) is 18.8. The van der Waals surface area contributed by atoms with Gasteiger partial charge in [0, 0.05) is 29.0 Å². The standard InChI is InChI=1S/C25H30N2O5/c1-3-18-11-17-12-24(32-10-9-16-7-5-4-6-8-16)23(31-2)13-19(17)21-14-22(28)20(15-27(18)21)25(29)26-30/h12-16,18H,3-11H2,1-2H3. The smallest absolute Gasteiger partial charge is 0.322 e. The molecule has 7 nitrogen and oxygen atoms in total. The van der Waals surface area contributed by atoms with E-state index in [-0.39, 0.29) is 11.6 Å². The number of hydrogen-bond acceptors (Lipinski definition) is 5. The number of benzene rings is 1. The van der Waals surface area contributed by atoms with E-state index in [1.165, 1.54) is 44.4 Å². The largest absolute Gasteiger partial charge is 0.493 e. The van der Waals surface area contributed by atoms with E-state index in [0.29, 0.717) is 18.1 Å². The molecule has 1 aliphatic heterocycles. The highest BCUT2D eigenvalue weighted by atomic mass is 16.5. The Hall–Kier alpha value is -2.96. The number of carbonyl (C=O) groups is 1. The molecule has 0 bridgehead atoms. The molecular formula is C25H30N2O5. The van der Waals surface area contributed by atoms with Gasteiger partial charge in [-0.1, -0.05) is 39.0 Å². The van der Waals surface area contributed by atoms with Gasteiger partial charge in [0.05, 0.1) is 19.4 Å². The summed E-state index contributed by atoms with van der Waals surface area (Å²) in [6, 6.07) is 5.40. The highest BCUT2D eigenvalue weighted by molar-refractivity contribution is 5.94. The SMILES string of the molecule is CCC1Cc2cc(OCCC3CCCCC3)c(OC)cc2-c2cc(=O)c(C(=O)N=O)cn21. The highest BCUT2D eigenvalue weighted by Gasteiger charge is 2.27. The second-order valence-corrected chi connectivity index (χ2v) is 8.81. The van der Waals surface area contributed by atoms with E-state index in [1.807, 2.05) is 16.7 Å². The molecule has 170 valence electrons. The van der Waals surface area contributed by atoms with Gasteiger partial charge in [-0.05, 0) is 42.9 Å². The number of ether oxygens (including phenoxy) is 2. The van der Waals surface area contributed by atoms with Crippen LogP contribution in [-0.2, 0) is 6.42 Å². The van der Waals surface area contributed by atoms with Gasteiger partial charge in [-0.3, -0.25) is 9.59 Å². The van der Waals surface area contributed by atoms with Crippen LogP contribution in [0, 0.1) is 10.8 Å². The molecule has 1 saturated carbocycles. The summed E-state index contributed by atoms with van der Waals surface area (Å²) in [6.45, 7) is 2.72. The minimum Gasteiger partial charge on any atom is -0.493 e. The minimum atomic E-state index is -1.04. The fraction of sp³-hybridized carbons (Fsp3) is 0.520. The number of rotatable bonds is 7. The molecule has 2 aromatic rings. The lowest BCUT2D eigenvalue weighted by atomic mass is 9.87. The van der Waals surface area contributed by atoms with Gasteiger partial charge in [0.1, 0.15) is 5.56 Å². The maximum Gasteiger partial charge on any atom is 0.322 e. The Balaban J connectivity index is 1.66. The first-order valence-electron chi connectivity index (χ1n) is 11.5. The quantitative estimate of drug-likeness (QED) is 0.549. The van der Waals surface area contributed by atoms with Crippen molar-refractivity contribution in [3.8, 4) is 22.8 Å². The highest BCUT2D eigenvalue weighted by Crippen LogP contribution is 2.42. The van der Waals surface area contributed by atoms with Gasteiger partial charge in [-0.25, -0.2) is 0 Å². The number of nitrogens with zero attached hydrogens (tertiary/aromatic N) is 2. The van der Waals surface area contributed by atoms with E-state index in [0.717, 1.165) is 42.1 Å². The first-order valence-corrected chi connectivity index (χ1v) is 11.5. The Morgan fingerprint density at radius 2 is 1.94 bits per heavy atom. The van der Waals surface area contributed by atoms with Crippen LogP contribution in [0.5, 0.6) is 11.5 Å². The van der Waals surface area contributed by atoms with Gasteiger partial charge in [-0.15, -0.1) is 4.91 Å². The van der Waals surface area contributed by atoms with E-state index in [1.54, 1.807) is 7.11 Å². The average Bonchev–Trinajstić information content (AvgIpc) is 2.82. The van der Waals surface area contributed by atoms with Gasteiger partial charge >= 0.3 is 5.91 Å². The number of carbonyl (C=O) groups excluding carboxylic acids is 1. The van der Waals surface area contributed by atoms with Crippen molar-refractivity contribution in [3.63, 3.8) is 0 Å². The molecule has 1 fully saturated rings. The molecule has 32 heavy (non-hydrogen) atoms. The molecule has 2 heterocycles. The van der Waals surface area contributed by atoms with Crippen LogP contribution in [0.25, 0.3) is 11.3 Å². The lowest BCUT2D eigenvalue weighted by Gasteiger charge is -2.31. The summed E-state index contributed by atoms with van der Waals surface area (Å²) >= 11 is 0. The van der Waals surface area contributed by atoms with Crippen molar-refractivity contribution in [1.29, 1.82) is 0 Å². The lowest BCUT2D eigenvalue weighted by molar-refractivity contribution is 0.0999. The summed E-state index contributed by atoms with van der Waals surface area (Å²) in [4.78, 5) is 35.0. The van der Waals surface area contributed by atoms with E-state index in [4.69, 9.17) is 9.47 Å². The van der Waals surface area contributed by atoms with Crippen LogP contribution in [0.4, 0.5) is 0 Å².